The van der Waals surface area contributed by atoms with E-state index in [2.05, 4.69) is 4.72 Å². The molecule has 0 aliphatic rings. The van der Waals surface area contributed by atoms with E-state index in [9.17, 15) is 18.5 Å². The first kappa shape index (κ1) is 17.5. The van der Waals surface area contributed by atoms with Crippen LogP contribution >= 0.6 is 0 Å². The number of nitro groups is 1. The molecule has 0 saturated heterocycles. The number of nitrogens with zero attached hydrogens (tertiary/aromatic N) is 1. The number of para-hydroxylation sites is 1. The van der Waals surface area contributed by atoms with Gasteiger partial charge < -0.3 is 0 Å². The van der Waals surface area contributed by atoms with Crippen LogP contribution in [-0.2, 0) is 10.0 Å². The number of hydrogen-bond acceptors (Lipinski definition) is 4. The first-order chi connectivity index (χ1) is 8.63. The highest BCUT2D eigenvalue weighted by Crippen LogP contribution is 2.23. The standard InChI is InChI=1S/C10H14N2O4S.C2H6.H2/c1-10(2,3)11-17(15,16)9-7-5-4-6-8(9)12(13)14;1-2;/h4-7,11H,1-3H3;1-2H3;1H. The maximum atomic E-state index is 12.0. The second-order valence-corrected chi connectivity index (χ2v) is 6.23. The Morgan fingerprint density at radius 1 is 1.21 bits per heavy atom. The van der Waals surface area contributed by atoms with E-state index < -0.39 is 26.2 Å². The molecule has 0 fully saturated rings. The molecule has 6 nitrogen and oxygen atoms in total. The average molecular weight is 290 g/mol. The number of benzene rings is 1. The number of hydrogen-bond donors (Lipinski definition) is 1. The molecule has 7 heteroatoms. The monoisotopic (exact) mass is 290 g/mol. The highest BCUT2D eigenvalue weighted by molar-refractivity contribution is 7.89. The van der Waals surface area contributed by atoms with Crippen molar-refractivity contribution < 1.29 is 14.8 Å². The SMILES string of the molecule is CC.CC(C)(C)NS(=O)(=O)c1ccccc1[N+](=O)[O-].[HH]. The second kappa shape index (κ2) is 6.63. The third kappa shape index (κ3) is 5.35. The van der Waals surface area contributed by atoms with Gasteiger partial charge in [0.2, 0.25) is 10.0 Å². The number of sulfonamides is 1. The summed E-state index contributed by atoms with van der Waals surface area (Å²) >= 11 is 0. The van der Waals surface area contributed by atoms with Crippen molar-refractivity contribution in [3.8, 4) is 0 Å². The molecule has 0 spiro atoms. The molecular formula is C12H22N2O4S. The molecule has 0 saturated carbocycles. The fraction of sp³-hybridized carbons (Fsp3) is 0.500. The molecule has 0 aromatic heterocycles. The lowest BCUT2D eigenvalue weighted by atomic mass is 10.1. The summed E-state index contributed by atoms with van der Waals surface area (Å²) in [5.41, 5.74) is -1.12. The van der Waals surface area contributed by atoms with Crippen LogP contribution in [0.25, 0.3) is 0 Å². The molecule has 19 heavy (non-hydrogen) atoms. The van der Waals surface area contributed by atoms with E-state index >= 15 is 0 Å². The first-order valence-corrected chi connectivity index (χ1v) is 7.39. The lowest BCUT2D eigenvalue weighted by Crippen LogP contribution is -2.40. The summed E-state index contributed by atoms with van der Waals surface area (Å²) in [5.74, 6) is 0. The van der Waals surface area contributed by atoms with Crippen LogP contribution in [0.5, 0.6) is 0 Å². The molecule has 110 valence electrons. The molecule has 0 atom stereocenters. The van der Waals surface area contributed by atoms with Crippen molar-refractivity contribution in [1.29, 1.82) is 0 Å². The molecule has 0 bridgehead atoms. The molecule has 0 aliphatic carbocycles. The Morgan fingerprint density at radius 2 is 1.68 bits per heavy atom. The minimum atomic E-state index is -3.89. The van der Waals surface area contributed by atoms with Gasteiger partial charge in [-0.1, -0.05) is 26.0 Å². The summed E-state index contributed by atoms with van der Waals surface area (Å²) in [6, 6.07) is 5.25. The molecule has 1 rings (SSSR count). The quantitative estimate of drug-likeness (QED) is 0.684. The highest BCUT2D eigenvalue weighted by Gasteiger charge is 2.28. The minimum Gasteiger partial charge on any atom is -0.258 e. The zero-order valence-corrected chi connectivity index (χ0v) is 12.6. The summed E-state index contributed by atoms with van der Waals surface area (Å²) in [6.45, 7) is 9.00. The maximum absolute atomic E-state index is 12.0. The fourth-order valence-corrected chi connectivity index (χ4v) is 2.89. The van der Waals surface area contributed by atoms with Crippen molar-refractivity contribution in [3.63, 3.8) is 0 Å². The van der Waals surface area contributed by atoms with Crippen LogP contribution < -0.4 is 4.72 Å². The van der Waals surface area contributed by atoms with E-state index in [1.54, 1.807) is 20.8 Å². The summed E-state index contributed by atoms with van der Waals surface area (Å²) in [6.07, 6.45) is 0. The van der Waals surface area contributed by atoms with Gasteiger partial charge in [-0.05, 0) is 26.8 Å². The van der Waals surface area contributed by atoms with Crippen LogP contribution in [-0.4, -0.2) is 18.9 Å². The molecular weight excluding hydrogens is 268 g/mol. The largest absolute Gasteiger partial charge is 0.289 e. The van der Waals surface area contributed by atoms with Gasteiger partial charge in [0.15, 0.2) is 4.90 Å². The topological polar surface area (TPSA) is 89.3 Å². The lowest BCUT2D eigenvalue weighted by Gasteiger charge is -2.20. The Balaban J connectivity index is 0. The zero-order valence-electron chi connectivity index (χ0n) is 11.8. The van der Waals surface area contributed by atoms with Gasteiger partial charge in [-0.3, -0.25) is 10.1 Å². The van der Waals surface area contributed by atoms with Crippen LogP contribution in [0.4, 0.5) is 5.69 Å². The zero-order chi connectivity index (χ0) is 15.3. The molecule has 1 aromatic carbocycles. The van der Waals surface area contributed by atoms with Crippen LogP contribution in [0.2, 0.25) is 0 Å². The van der Waals surface area contributed by atoms with Crippen LogP contribution in [0.3, 0.4) is 0 Å². The van der Waals surface area contributed by atoms with E-state index in [0.29, 0.717) is 0 Å². The Hall–Kier alpha value is -1.47. The Kier molecular flexibility index (Phi) is 6.11. The van der Waals surface area contributed by atoms with Gasteiger partial charge in [0, 0.05) is 13.0 Å². The Bertz CT molecular complexity index is 539. The van der Waals surface area contributed by atoms with Crippen LogP contribution in [0.1, 0.15) is 36.0 Å². The Morgan fingerprint density at radius 3 is 2.11 bits per heavy atom. The molecule has 1 aromatic rings. The Labute approximate surface area is 115 Å². The summed E-state index contributed by atoms with van der Waals surface area (Å²) in [5, 5.41) is 10.7. The third-order valence-electron chi connectivity index (χ3n) is 1.79. The molecule has 1 N–H and O–H groups in total. The predicted molar refractivity (Wildman–Crippen MR) is 76.6 cm³/mol. The van der Waals surface area contributed by atoms with Gasteiger partial charge >= 0.3 is 0 Å². The fourth-order valence-electron chi connectivity index (χ4n) is 1.29. The molecule has 0 aliphatic heterocycles. The summed E-state index contributed by atoms with van der Waals surface area (Å²) in [7, 11) is -3.89. The smallest absolute Gasteiger partial charge is 0.258 e. The summed E-state index contributed by atoms with van der Waals surface area (Å²) < 4.78 is 26.3. The summed E-state index contributed by atoms with van der Waals surface area (Å²) in [4.78, 5) is 9.72. The van der Waals surface area contributed by atoms with E-state index in [1.807, 2.05) is 13.8 Å². The van der Waals surface area contributed by atoms with Gasteiger partial charge in [-0.25, -0.2) is 13.1 Å². The van der Waals surface area contributed by atoms with E-state index in [4.69, 9.17) is 0 Å². The van der Waals surface area contributed by atoms with Gasteiger partial charge in [-0.15, -0.1) is 0 Å². The maximum Gasteiger partial charge on any atom is 0.289 e. The van der Waals surface area contributed by atoms with Crippen molar-refractivity contribution >= 4 is 15.7 Å². The van der Waals surface area contributed by atoms with Gasteiger partial charge in [-0.2, -0.15) is 0 Å². The van der Waals surface area contributed by atoms with Crippen LogP contribution in [0, 0.1) is 10.1 Å². The van der Waals surface area contributed by atoms with Gasteiger partial charge in [0.25, 0.3) is 5.69 Å². The first-order valence-electron chi connectivity index (χ1n) is 5.91. The second-order valence-electron chi connectivity index (χ2n) is 4.58. The van der Waals surface area contributed by atoms with Crippen molar-refractivity contribution in [2.75, 3.05) is 0 Å². The van der Waals surface area contributed by atoms with Gasteiger partial charge in [0.1, 0.15) is 0 Å². The van der Waals surface area contributed by atoms with Crippen molar-refractivity contribution in [2.24, 2.45) is 0 Å². The van der Waals surface area contributed by atoms with Crippen molar-refractivity contribution in [2.45, 2.75) is 45.1 Å². The number of rotatable bonds is 3. The predicted octanol–water partition coefficient (Wildman–Crippen LogP) is 2.94. The van der Waals surface area contributed by atoms with E-state index in [1.165, 1.54) is 18.2 Å². The van der Waals surface area contributed by atoms with Crippen molar-refractivity contribution in [1.82, 2.24) is 4.72 Å². The molecule has 0 unspecified atom stereocenters. The highest BCUT2D eigenvalue weighted by atomic mass is 32.2. The van der Waals surface area contributed by atoms with Crippen molar-refractivity contribution in [3.05, 3.63) is 34.4 Å². The van der Waals surface area contributed by atoms with Crippen LogP contribution in [0.15, 0.2) is 29.2 Å². The molecule has 0 heterocycles. The van der Waals surface area contributed by atoms with Gasteiger partial charge in [0.05, 0.1) is 4.92 Å². The molecule has 0 radical (unpaired) electrons. The van der Waals surface area contributed by atoms with E-state index in [-0.39, 0.29) is 6.32 Å². The lowest BCUT2D eigenvalue weighted by molar-refractivity contribution is -0.387. The third-order valence-corrected chi connectivity index (χ3v) is 3.60. The average Bonchev–Trinajstić information content (AvgIpc) is 2.28. The minimum absolute atomic E-state index is 0. The normalized spacial score (nSPS) is 11.4. The van der Waals surface area contributed by atoms with E-state index in [0.717, 1.165) is 6.07 Å². The molecule has 0 amide bonds. The number of nitrogens with one attached hydrogen (secondary N) is 1. The number of nitro benzene ring substituents is 1.